The van der Waals surface area contributed by atoms with Crippen LogP contribution in [0.3, 0.4) is 0 Å². The van der Waals surface area contributed by atoms with Gasteiger partial charge in [-0.25, -0.2) is 4.98 Å². The van der Waals surface area contributed by atoms with E-state index in [9.17, 15) is 9.59 Å². The SMILES string of the molecule is O=C(Nc1nccs1)[C@@H]1CC(=O)N(C2CCCC2)C1. The van der Waals surface area contributed by atoms with Crippen molar-refractivity contribution in [1.82, 2.24) is 9.88 Å². The Hall–Kier alpha value is -1.43. The minimum absolute atomic E-state index is 0.0798. The number of nitrogens with one attached hydrogen (secondary N) is 1. The van der Waals surface area contributed by atoms with E-state index in [2.05, 4.69) is 10.3 Å². The van der Waals surface area contributed by atoms with E-state index in [1.54, 1.807) is 6.20 Å². The molecular formula is C13H17N3O2S. The molecule has 1 atom stereocenters. The zero-order valence-electron chi connectivity index (χ0n) is 10.7. The molecule has 1 aromatic rings. The summed E-state index contributed by atoms with van der Waals surface area (Å²) in [5.41, 5.74) is 0. The first kappa shape index (κ1) is 12.6. The van der Waals surface area contributed by atoms with Crippen LogP contribution in [0.5, 0.6) is 0 Å². The Morgan fingerprint density at radius 1 is 1.42 bits per heavy atom. The lowest BCUT2D eigenvalue weighted by Gasteiger charge is -2.23. The van der Waals surface area contributed by atoms with Crippen LogP contribution in [0.4, 0.5) is 5.13 Å². The fraction of sp³-hybridized carbons (Fsp3) is 0.615. The first-order chi connectivity index (χ1) is 9.24. The molecule has 1 N–H and O–H groups in total. The molecular weight excluding hydrogens is 262 g/mol. The molecule has 3 rings (SSSR count). The van der Waals surface area contributed by atoms with Gasteiger partial charge in [-0.2, -0.15) is 0 Å². The number of likely N-dealkylation sites (tertiary alicyclic amines) is 1. The maximum atomic E-state index is 12.1. The van der Waals surface area contributed by atoms with Crippen molar-refractivity contribution in [3.8, 4) is 0 Å². The predicted octanol–water partition coefficient (Wildman–Crippen LogP) is 1.87. The minimum atomic E-state index is -0.225. The summed E-state index contributed by atoms with van der Waals surface area (Å²) in [6, 6.07) is 0.366. The topological polar surface area (TPSA) is 62.3 Å². The van der Waals surface area contributed by atoms with E-state index in [1.165, 1.54) is 24.2 Å². The molecule has 2 fully saturated rings. The predicted molar refractivity (Wildman–Crippen MR) is 72.8 cm³/mol. The molecule has 0 aromatic carbocycles. The Morgan fingerprint density at radius 3 is 2.89 bits per heavy atom. The fourth-order valence-corrected chi connectivity index (χ4v) is 3.50. The number of aromatic nitrogens is 1. The van der Waals surface area contributed by atoms with E-state index in [1.807, 2.05) is 10.3 Å². The second-order valence-corrected chi connectivity index (χ2v) is 6.11. The van der Waals surface area contributed by atoms with E-state index in [0.717, 1.165) is 12.8 Å². The van der Waals surface area contributed by atoms with Crippen LogP contribution < -0.4 is 5.32 Å². The van der Waals surface area contributed by atoms with Gasteiger partial charge in [0.25, 0.3) is 0 Å². The van der Waals surface area contributed by atoms with Crippen molar-refractivity contribution in [1.29, 1.82) is 0 Å². The van der Waals surface area contributed by atoms with Gasteiger partial charge < -0.3 is 10.2 Å². The number of thiazole rings is 1. The van der Waals surface area contributed by atoms with E-state index in [-0.39, 0.29) is 17.7 Å². The average Bonchev–Trinajstić information content (AvgIpc) is 3.07. The number of anilines is 1. The van der Waals surface area contributed by atoms with E-state index in [4.69, 9.17) is 0 Å². The van der Waals surface area contributed by atoms with Gasteiger partial charge in [-0.15, -0.1) is 11.3 Å². The summed E-state index contributed by atoms with van der Waals surface area (Å²) in [6.07, 6.45) is 6.58. The zero-order valence-corrected chi connectivity index (χ0v) is 11.5. The van der Waals surface area contributed by atoms with Crippen LogP contribution in [-0.2, 0) is 9.59 Å². The van der Waals surface area contributed by atoms with Crippen molar-refractivity contribution in [3.63, 3.8) is 0 Å². The molecule has 1 aromatic heterocycles. The number of hydrogen-bond acceptors (Lipinski definition) is 4. The molecule has 1 aliphatic heterocycles. The Bertz CT molecular complexity index is 468. The van der Waals surface area contributed by atoms with Crippen LogP contribution in [0.2, 0.25) is 0 Å². The van der Waals surface area contributed by atoms with Crippen molar-refractivity contribution in [2.75, 3.05) is 11.9 Å². The number of nitrogens with zero attached hydrogens (tertiary/aromatic N) is 2. The summed E-state index contributed by atoms with van der Waals surface area (Å²) < 4.78 is 0. The molecule has 102 valence electrons. The van der Waals surface area contributed by atoms with Crippen molar-refractivity contribution < 1.29 is 9.59 Å². The van der Waals surface area contributed by atoms with E-state index >= 15 is 0 Å². The first-order valence-electron chi connectivity index (χ1n) is 6.74. The molecule has 5 nitrogen and oxygen atoms in total. The Labute approximate surface area is 116 Å². The highest BCUT2D eigenvalue weighted by Crippen LogP contribution is 2.30. The quantitative estimate of drug-likeness (QED) is 0.918. The highest BCUT2D eigenvalue weighted by atomic mass is 32.1. The van der Waals surface area contributed by atoms with Gasteiger partial charge >= 0.3 is 0 Å². The molecule has 0 bridgehead atoms. The van der Waals surface area contributed by atoms with E-state index < -0.39 is 0 Å². The molecule has 1 aliphatic carbocycles. The van der Waals surface area contributed by atoms with Crippen LogP contribution in [0.1, 0.15) is 32.1 Å². The highest BCUT2D eigenvalue weighted by Gasteiger charge is 2.38. The lowest BCUT2D eigenvalue weighted by molar-refractivity contribution is -0.129. The number of carbonyl (C=O) groups is 2. The molecule has 2 amide bonds. The summed E-state index contributed by atoms with van der Waals surface area (Å²) in [6.45, 7) is 0.570. The largest absolute Gasteiger partial charge is 0.339 e. The first-order valence-corrected chi connectivity index (χ1v) is 7.62. The van der Waals surface area contributed by atoms with Gasteiger partial charge in [0.1, 0.15) is 0 Å². The Morgan fingerprint density at radius 2 is 2.21 bits per heavy atom. The highest BCUT2D eigenvalue weighted by molar-refractivity contribution is 7.13. The van der Waals surface area contributed by atoms with E-state index in [0.29, 0.717) is 24.1 Å². The lowest BCUT2D eigenvalue weighted by Crippen LogP contribution is -2.35. The van der Waals surface area contributed by atoms with Gasteiger partial charge in [0.15, 0.2) is 5.13 Å². The van der Waals surface area contributed by atoms with Crippen LogP contribution in [0.15, 0.2) is 11.6 Å². The molecule has 6 heteroatoms. The summed E-state index contributed by atoms with van der Waals surface area (Å²) in [4.78, 5) is 30.1. The summed E-state index contributed by atoms with van der Waals surface area (Å²) >= 11 is 1.40. The second-order valence-electron chi connectivity index (χ2n) is 5.21. The number of rotatable bonds is 3. The Kier molecular flexibility index (Phi) is 3.50. The number of amides is 2. The van der Waals surface area contributed by atoms with Crippen molar-refractivity contribution in [2.45, 2.75) is 38.1 Å². The number of carbonyl (C=O) groups excluding carboxylic acids is 2. The van der Waals surface area contributed by atoms with Gasteiger partial charge in [0.05, 0.1) is 5.92 Å². The number of hydrogen-bond donors (Lipinski definition) is 1. The van der Waals surface area contributed by atoms with Crippen molar-refractivity contribution >= 4 is 28.3 Å². The van der Waals surface area contributed by atoms with Crippen molar-refractivity contribution in [2.24, 2.45) is 5.92 Å². The van der Waals surface area contributed by atoms with Gasteiger partial charge in [0, 0.05) is 30.6 Å². The third-order valence-corrected chi connectivity index (χ3v) is 4.65. The molecule has 0 radical (unpaired) electrons. The lowest BCUT2D eigenvalue weighted by atomic mass is 10.1. The summed E-state index contributed by atoms with van der Waals surface area (Å²) in [5.74, 6) is -0.174. The second kappa shape index (κ2) is 5.28. The normalized spacial score (nSPS) is 24.1. The van der Waals surface area contributed by atoms with Gasteiger partial charge in [-0.05, 0) is 12.8 Å². The van der Waals surface area contributed by atoms with Crippen LogP contribution in [-0.4, -0.2) is 34.3 Å². The summed E-state index contributed by atoms with van der Waals surface area (Å²) in [7, 11) is 0. The molecule has 0 unspecified atom stereocenters. The molecule has 2 aliphatic rings. The third kappa shape index (κ3) is 2.63. The maximum Gasteiger partial charge on any atom is 0.231 e. The summed E-state index contributed by atoms with van der Waals surface area (Å²) in [5, 5.41) is 5.21. The molecule has 2 heterocycles. The molecule has 0 spiro atoms. The molecule has 1 saturated carbocycles. The van der Waals surface area contributed by atoms with Gasteiger partial charge in [-0.3, -0.25) is 9.59 Å². The minimum Gasteiger partial charge on any atom is -0.339 e. The Balaban J connectivity index is 1.60. The molecule has 1 saturated heterocycles. The van der Waals surface area contributed by atoms with Crippen molar-refractivity contribution in [3.05, 3.63) is 11.6 Å². The molecule has 19 heavy (non-hydrogen) atoms. The van der Waals surface area contributed by atoms with Crippen LogP contribution >= 0.6 is 11.3 Å². The maximum absolute atomic E-state index is 12.1. The van der Waals surface area contributed by atoms with Crippen LogP contribution in [0.25, 0.3) is 0 Å². The third-order valence-electron chi connectivity index (χ3n) is 3.96. The average molecular weight is 279 g/mol. The standard InChI is InChI=1S/C13H17N3O2S/c17-11-7-9(8-16(11)10-3-1-2-4-10)12(18)15-13-14-5-6-19-13/h5-6,9-10H,1-4,7-8H2,(H,14,15,18)/t9-/m1/s1. The zero-order chi connectivity index (χ0) is 13.2. The fourth-order valence-electron chi connectivity index (χ4n) is 2.97. The smallest absolute Gasteiger partial charge is 0.231 e. The van der Waals surface area contributed by atoms with Gasteiger partial charge in [-0.1, -0.05) is 12.8 Å². The monoisotopic (exact) mass is 279 g/mol. The van der Waals surface area contributed by atoms with Crippen LogP contribution in [0, 0.1) is 5.92 Å². The van der Waals surface area contributed by atoms with Gasteiger partial charge in [0.2, 0.25) is 11.8 Å².